The van der Waals surface area contributed by atoms with Crippen LogP contribution in [0, 0.1) is 0 Å². The summed E-state index contributed by atoms with van der Waals surface area (Å²) < 4.78 is 1.73. The van der Waals surface area contributed by atoms with Gasteiger partial charge in [-0.2, -0.15) is 0 Å². The second-order valence-electron chi connectivity index (χ2n) is 8.60. The fourth-order valence-corrected chi connectivity index (χ4v) is 24.1. The summed E-state index contributed by atoms with van der Waals surface area (Å²) in [5, 5.41) is 1.08. The molecule has 0 unspecified atom stereocenters. The first-order chi connectivity index (χ1) is 15.9. The molecule has 6 rings (SSSR count). The van der Waals surface area contributed by atoms with Gasteiger partial charge in [-0.3, -0.25) is 0 Å². The van der Waals surface area contributed by atoms with Crippen molar-refractivity contribution in [1.29, 1.82) is 0 Å². The zero-order valence-electron chi connectivity index (χ0n) is 18.7. The van der Waals surface area contributed by atoms with Crippen molar-refractivity contribution >= 4 is 15.6 Å². The molecule has 2 aliphatic rings. The van der Waals surface area contributed by atoms with Crippen LogP contribution in [-0.2, 0) is 22.4 Å². The van der Waals surface area contributed by atoms with Crippen molar-refractivity contribution in [2.24, 2.45) is 0 Å². The normalized spacial score (nSPS) is 13.7. The Kier molecular flexibility index (Phi) is 7.95. The van der Waals surface area contributed by atoms with Crippen LogP contribution in [0.4, 0.5) is 0 Å². The molecule has 0 saturated carbocycles. The van der Waals surface area contributed by atoms with Gasteiger partial charge in [0.2, 0.25) is 0 Å². The van der Waals surface area contributed by atoms with E-state index in [1.807, 2.05) is 0 Å². The molecule has 0 N–H and O–H groups in total. The topological polar surface area (TPSA) is 0 Å². The summed E-state index contributed by atoms with van der Waals surface area (Å²) in [6.45, 7) is 0. The quantitative estimate of drug-likeness (QED) is 0.296. The van der Waals surface area contributed by atoms with Gasteiger partial charge >= 0.3 is 203 Å². The Morgan fingerprint density at radius 2 is 1.06 bits per heavy atom. The monoisotopic (exact) mass is 572 g/mol. The first-order valence-electron chi connectivity index (χ1n) is 11.3. The summed E-state index contributed by atoms with van der Waals surface area (Å²) in [5.41, 5.74) is 6.43. The van der Waals surface area contributed by atoms with Crippen LogP contribution in [0.25, 0.3) is 11.1 Å². The molecule has 0 atom stereocenters. The van der Waals surface area contributed by atoms with E-state index in [4.69, 9.17) is 0 Å². The minimum atomic E-state index is -2.12. The van der Waals surface area contributed by atoms with Crippen molar-refractivity contribution in [3.8, 4) is 11.1 Å². The van der Waals surface area contributed by atoms with Crippen LogP contribution in [-0.4, -0.2) is 5.20 Å². The van der Waals surface area contributed by atoms with Crippen molar-refractivity contribution in [3.05, 3.63) is 142 Å². The molecule has 0 nitrogen and oxygen atoms in total. The van der Waals surface area contributed by atoms with Gasteiger partial charge in [-0.05, 0) is 0 Å². The third-order valence-corrected chi connectivity index (χ3v) is 24.1. The summed E-state index contributed by atoms with van der Waals surface area (Å²) >= 11 is -0.956. The SMILES string of the molecule is C1=CC[C]([Zr+2][Si](c2ccccc2)(c2ccccc2)C2c3ccccc3-c3ccccc32)=C1.[Cl-].[Cl-]. The van der Waals surface area contributed by atoms with E-state index < -0.39 is 27.6 Å². The molecule has 0 bridgehead atoms. The maximum Gasteiger partial charge on any atom is -1.00 e. The Hall–Kier alpha value is -1.96. The van der Waals surface area contributed by atoms with Gasteiger partial charge < -0.3 is 24.8 Å². The number of halogens is 2. The maximum absolute atomic E-state index is 2.44. The summed E-state index contributed by atoms with van der Waals surface area (Å²) in [6, 6.07) is 41.5. The molecule has 0 spiro atoms. The molecule has 0 amide bonds. The molecular formula is C30H24Cl2SiZr. The molecule has 0 radical (unpaired) electrons. The van der Waals surface area contributed by atoms with Gasteiger partial charge in [0.25, 0.3) is 0 Å². The average Bonchev–Trinajstić information content (AvgIpc) is 3.50. The Balaban J connectivity index is 0.00000137. The molecule has 0 aromatic heterocycles. The van der Waals surface area contributed by atoms with E-state index in [0.29, 0.717) is 5.54 Å². The Bertz CT molecular complexity index is 1250. The number of hydrogen-bond donors (Lipinski definition) is 0. The summed E-state index contributed by atoms with van der Waals surface area (Å²) in [5.74, 6) is 0. The van der Waals surface area contributed by atoms with Crippen LogP contribution in [0.5, 0.6) is 0 Å². The molecule has 0 aliphatic heterocycles. The van der Waals surface area contributed by atoms with Crippen LogP contribution in [0.1, 0.15) is 23.1 Å². The van der Waals surface area contributed by atoms with E-state index >= 15 is 0 Å². The van der Waals surface area contributed by atoms with Crippen molar-refractivity contribution in [2.75, 3.05) is 0 Å². The van der Waals surface area contributed by atoms with Gasteiger partial charge in [-0.25, -0.2) is 0 Å². The van der Waals surface area contributed by atoms with Crippen molar-refractivity contribution < 1.29 is 47.2 Å². The number of rotatable bonds is 5. The number of hydrogen-bond acceptors (Lipinski definition) is 0. The predicted octanol–water partition coefficient (Wildman–Crippen LogP) is 0.0323. The molecular weight excluding hydrogens is 551 g/mol. The largest absolute Gasteiger partial charge is 1.00 e. The molecule has 4 heteroatoms. The third-order valence-electron chi connectivity index (χ3n) is 6.85. The van der Waals surface area contributed by atoms with E-state index in [1.54, 1.807) is 24.8 Å². The van der Waals surface area contributed by atoms with E-state index in [0.717, 1.165) is 6.42 Å². The third kappa shape index (κ3) is 4.16. The maximum atomic E-state index is 2.44. The van der Waals surface area contributed by atoms with Gasteiger partial charge in [-0.1, -0.05) is 0 Å². The van der Waals surface area contributed by atoms with E-state index in [9.17, 15) is 0 Å². The molecule has 166 valence electrons. The minimum absolute atomic E-state index is 0. The van der Waals surface area contributed by atoms with Gasteiger partial charge in [0.05, 0.1) is 0 Å². The molecule has 0 fully saturated rings. The van der Waals surface area contributed by atoms with Gasteiger partial charge in [-0.15, -0.1) is 0 Å². The van der Waals surface area contributed by atoms with Crippen LogP contribution >= 0.6 is 0 Å². The van der Waals surface area contributed by atoms with Crippen LogP contribution in [0.2, 0.25) is 0 Å². The molecule has 0 heterocycles. The Morgan fingerprint density at radius 1 is 0.588 bits per heavy atom. The first kappa shape index (κ1) is 25.1. The minimum Gasteiger partial charge on any atom is -1.00 e. The van der Waals surface area contributed by atoms with Gasteiger partial charge in [0.15, 0.2) is 0 Å². The van der Waals surface area contributed by atoms with Crippen molar-refractivity contribution in [1.82, 2.24) is 0 Å². The molecule has 2 aliphatic carbocycles. The van der Waals surface area contributed by atoms with Gasteiger partial charge in [0, 0.05) is 0 Å². The fourth-order valence-electron chi connectivity index (χ4n) is 5.53. The van der Waals surface area contributed by atoms with Crippen molar-refractivity contribution in [3.63, 3.8) is 0 Å². The fraction of sp³-hybridized carbons (Fsp3) is 0.0667. The van der Waals surface area contributed by atoms with E-state index in [-0.39, 0.29) is 24.8 Å². The molecule has 4 aromatic carbocycles. The van der Waals surface area contributed by atoms with Crippen LogP contribution in [0.3, 0.4) is 0 Å². The zero-order valence-corrected chi connectivity index (χ0v) is 23.6. The second kappa shape index (κ2) is 10.8. The molecule has 34 heavy (non-hydrogen) atoms. The number of allylic oxidation sites excluding steroid dienone is 4. The molecule has 0 saturated heterocycles. The van der Waals surface area contributed by atoms with E-state index in [1.165, 1.54) is 11.1 Å². The second-order valence-corrected chi connectivity index (χ2v) is 21.4. The first-order valence-corrected chi connectivity index (χ1v) is 18.3. The van der Waals surface area contributed by atoms with E-state index in [2.05, 4.69) is 127 Å². The summed E-state index contributed by atoms with van der Waals surface area (Å²) in [4.78, 5) is 0. The predicted molar refractivity (Wildman–Crippen MR) is 133 cm³/mol. The average molecular weight is 575 g/mol. The summed E-state index contributed by atoms with van der Waals surface area (Å²) in [7, 11) is 0. The van der Waals surface area contributed by atoms with Crippen LogP contribution in [0.15, 0.2) is 131 Å². The van der Waals surface area contributed by atoms with Crippen molar-refractivity contribution in [2.45, 2.75) is 12.0 Å². The summed E-state index contributed by atoms with van der Waals surface area (Å²) in [6.07, 6.45) is 8.22. The van der Waals surface area contributed by atoms with Crippen LogP contribution < -0.4 is 35.2 Å². The number of fused-ring (bicyclic) bond motifs is 3. The Labute approximate surface area is 226 Å². The smallest absolute Gasteiger partial charge is 1.00 e. The number of benzene rings is 4. The Morgan fingerprint density at radius 3 is 1.53 bits per heavy atom. The zero-order chi connectivity index (χ0) is 21.4. The van der Waals surface area contributed by atoms with Gasteiger partial charge in [0.1, 0.15) is 0 Å². The standard InChI is InChI=1S/C25H19Si.C5H5.2ClH.Zr/c1-3-11-19(12-4-1)26(20-13-5-2-6-14-20)25-23-17-9-7-15-21(23)22-16-8-10-18-24(22)25;1-2-4-5-3-1;;;/h1-18,25H;1-3H,4H2;2*1H;/q;;;;+2/p-2. The molecule has 4 aromatic rings.